The van der Waals surface area contributed by atoms with Crippen molar-refractivity contribution in [2.75, 3.05) is 6.61 Å². The van der Waals surface area contributed by atoms with Gasteiger partial charge in [-0.05, 0) is 43.2 Å². The Balaban J connectivity index is 1.46. The van der Waals surface area contributed by atoms with Crippen LogP contribution in [-0.2, 0) is 11.2 Å². The van der Waals surface area contributed by atoms with Gasteiger partial charge in [0, 0.05) is 17.0 Å². The number of ether oxygens (including phenoxy) is 1. The number of halogens is 1. The fourth-order valence-corrected chi connectivity index (χ4v) is 2.82. The largest absolute Gasteiger partial charge is 0.493 e. The Morgan fingerprint density at radius 2 is 2.14 bits per heavy atom. The number of nitrogens with one attached hydrogen (secondary N) is 1. The van der Waals surface area contributed by atoms with Crippen LogP contribution >= 0.6 is 11.6 Å². The van der Waals surface area contributed by atoms with Crippen LogP contribution in [0.1, 0.15) is 36.6 Å². The molecule has 1 heterocycles. The van der Waals surface area contributed by atoms with Crippen LogP contribution < -0.4 is 10.1 Å². The minimum atomic E-state index is -0.00647. The Labute approximate surface area is 134 Å². The van der Waals surface area contributed by atoms with Crippen LogP contribution in [0, 0.1) is 0 Å². The highest BCUT2D eigenvalue weighted by Gasteiger charge is 2.23. The molecule has 0 aliphatic heterocycles. The summed E-state index contributed by atoms with van der Waals surface area (Å²) >= 11 is 5.81. The SMILES string of the molecule is O=C(CCOc1ccc(Cl)cc1)NC1CCCc2occc21. The average molecular weight is 320 g/mol. The maximum atomic E-state index is 12.0. The molecule has 0 radical (unpaired) electrons. The van der Waals surface area contributed by atoms with Gasteiger partial charge in [0.2, 0.25) is 5.91 Å². The van der Waals surface area contributed by atoms with E-state index in [1.54, 1.807) is 30.5 Å². The van der Waals surface area contributed by atoms with E-state index in [2.05, 4.69) is 5.32 Å². The Hall–Kier alpha value is -1.94. The summed E-state index contributed by atoms with van der Waals surface area (Å²) in [4.78, 5) is 12.0. The first-order chi connectivity index (χ1) is 10.7. The molecule has 2 aromatic rings. The molecule has 3 rings (SSSR count). The molecule has 0 saturated carbocycles. The van der Waals surface area contributed by atoms with E-state index in [1.807, 2.05) is 6.07 Å². The van der Waals surface area contributed by atoms with E-state index in [4.69, 9.17) is 20.8 Å². The topological polar surface area (TPSA) is 51.5 Å². The van der Waals surface area contributed by atoms with Crippen molar-refractivity contribution in [1.82, 2.24) is 5.32 Å². The van der Waals surface area contributed by atoms with Crippen molar-refractivity contribution in [3.8, 4) is 5.75 Å². The molecule has 1 N–H and O–H groups in total. The van der Waals surface area contributed by atoms with Crippen LogP contribution in [0.2, 0.25) is 5.02 Å². The molecule has 1 aliphatic rings. The number of carbonyl (C=O) groups is 1. The third kappa shape index (κ3) is 3.63. The highest BCUT2D eigenvalue weighted by molar-refractivity contribution is 6.30. The van der Waals surface area contributed by atoms with Crippen molar-refractivity contribution in [2.45, 2.75) is 31.7 Å². The van der Waals surface area contributed by atoms with Gasteiger partial charge in [0.05, 0.1) is 25.3 Å². The molecule has 0 saturated heterocycles. The quantitative estimate of drug-likeness (QED) is 0.909. The van der Waals surface area contributed by atoms with Crippen LogP contribution in [-0.4, -0.2) is 12.5 Å². The molecule has 1 aromatic heterocycles. The monoisotopic (exact) mass is 319 g/mol. The first-order valence-corrected chi connectivity index (χ1v) is 7.84. The Morgan fingerprint density at radius 1 is 1.32 bits per heavy atom. The second-order valence-electron chi connectivity index (χ2n) is 5.36. The second-order valence-corrected chi connectivity index (χ2v) is 5.80. The normalized spacial score (nSPS) is 16.9. The molecule has 1 unspecified atom stereocenters. The van der Waals surface area contributed by atoms with E-state index in [-0.39, 0.29) is 11.9 Å². The number of aryl methyl sites for hydroxylation is 1. The van der Waals surface area contributed by atoms with Gasteiger partial charge in [0.15, 0.2) is 0 Å². The van der Waals surface area contributed by atoms with Crippen molar-refractivity contribution in [2.24, 2.45) is 0 Å². The Morgan fingerprint density at radius 3 is 2.95 bits per heavy atom. The summed E-state index contributed by atoms with van der Waals surface area (Å²) in [7, 11) is 0. The molecule has 0 bridgehead atoms. The van der Waals surface area contributed by atoms with Crippen LogP contribution in [0.25, 0.3) is 0 Å². The maximum absolute atomic E-state index is 12.0. The van der Waals surface area contributed by atoms with Crippen LogP contribution in [0.5, 0.6) is 5.75 Å². The molecular weight excluding hydrogens is 302 g/mol. The molecule has 5 heteroatoms. The smallest absolute Gasteiger partial charge is 0.223 e. The van der Waals surface area contributed by atoms with Gasteiger partial charge in [-0.2, -0.15) is 0 Å². The lowest BCUT2D eigenvalue weighted by Crippen LogP contribution is -2.31. The number of hydrogen-bond acceptors (Lipinski definition) is 3. The first kappa shape index (κ1) is 15.0. The Bertz CT molecular complexity index is 636. The van der Waals surface area contributed by atoms with Crippen molar-refractivity contribution in [3.05, 3.63) is 52.9 Å². The third-order valence-corrected chi connectivity index (χ3v) is 4.05. The zero-order valence-corrected chi connectivity index (χ0v) is 12.9. The number of amides is 1. The molecule has 0 fully saturated rings. The van der Waals surface area contributed by atoms with Crippen LogP contribution in [0.15, 0.2) is 41.0 Å². The fraction of sp³-hybridized carbons (Fsp3) is 0.353. The van der Waals surface area contributed by atoms with Gasteiger partial charge in [-0.15, -0.1) is 0 Å². The first-order valence-electron chi connectivity index (χ1n) is 7.46. The van der Waals surface area contributed by atoms with Gasteiger partial charge in [-0.1, -0.05) is 11.6 Å². The summed E-state index contributed by atoms with van der Waals surface area (Å²) in [5, 5.41) is 3.72. The summed E-state index contributed by atoms with van der Waals surface area (Å²) in [6.45, 7) is 0.346. The summed E-state index contributed by atoms with van der Waals surface area (Å²) in [6.07, 6.45) is 4.96. The highest BCUT2D eigenvalue weighted by atomic mass is 35.5. The minimum Gasteiger partial charge on any atom is -0.493 e. The lowest BCUT2D eigenvalue weighted by atomic mass is 9.93. The summed E-state index contributed by atoms with van der Waals surface area (Å²) in [6, 6.07) is 9.12. The van der Waals surface area contributed by atoms with Gasteiger partial charge in [-0.25, -0.2) is 0 Å². The molecule has 4 nitrogen and oxygen atoms in total. The number of carbonyl (C=O) groups excluding carboxylic acids is 1. The average Bonchev–Trinajstić information content (AvgIpc) is 2.99. The Kier molecular flexibility index (Phi) is 4.68. The molecule has 22 heavy (non-hydrogen) atoms. The van der Waals surface area contributed by atoms with Crippen LogP contribution in [0.3, 0.4) is 0 Å². The molecule has 0 spiro atoms. The maximum Gasteiger partial charge on any atom is 0.223 e. The van der Waals surface area contributed by atoms with Gasteiger partial charge in [0.25, 0.3) is 0 Å². The number of furan rings is 1. The number of benzene rings is 1. The summed E-state index contributed by atoms with van der Waals surface area (Å²) in [5.41, 5.74) is 1.11. The van der Waals surface area contributed by atoms with Crippen molar-refractivity contribution < 1.29 is 13.9 Å². The zero-order chi connectivity index (χ0) is 15.4. The van der Waals surface area contributed by atoms with E-state index < -0.39 is 0 Å². The van der Waals surface area contributed by atoms with Gasteiger partial charge >= 0.3 is 0 Å². The number of rotatable bonds is 5. The lowest BCUT2D eigenvalue weighted by molar-refractivity contribution is -0.122. The molecular formula is C17H18ClNO3. The summed E-state index contributed by atoms with van der Waals surface area (Å²) < 4.78 is 11.0. The van der Waals surface area contributed by atoms with Crippen molar-refractivity contribution in [1.29, 1.82) is 0 Å². The van der Waals surface area contributed by atoms with E-state index in [1.165, 1.54) is 0 Å². The molecule has 1 aromatic carbocycles. The van der Waals surface area contributed by atoms with E-state index in [0.29, 0.717) is 23.8 Å². The van der Waals surface area contributed by atoms with Crippen LogP contribution in [0.4, 0.5) is 0 Å². The van der Waals surface area contributed by atoms with Gasteiger partial charge < -0.3 is 14.5 Å². The van der Waals surface area contributed by atoms with Crippen molar-refractivity contribution >= 4 is 17.5 Å². The second kappa shape index (κ2) is 6.88. The van der Waals surface area contributed by atoms with E-state index in [0.717, 1.165) is 30.6 Å². The van der Waals surface area contributed by atoms with Gasteiger partial charge in [-0.3, -0.25) is 4.79 Å². The van der Waals surface area contributed by atoms with Gasteiger partial charge in [0.1, 0.15) is 11.5 Å². The fourth-order valence-electron chi connectivity index (χ4n) is 2.70. The molecule has 116 valence electrons. The summed E-state index contributed by atoms with van der Waals surface area (Å²) in [5.74, 6) is 1.70. The third-order valence-electron chi connectivity index (χ3n) is 3.80. The van der Waals surface area contributed by atoms with E-state index in [9.17, 15) is 4.79 Å². The number of fused-ring (bicyclic) bond motifs is 1. The zero-order valence-electron chi connectivity index (χ0n) is 12.2. The minimum absolute atomic E-state index is 0.00647. The molecule has 1 aliphatic carbocycles. The van der Waals surface area contributed by atoms with Crippen molar-refractivity contribution in [3.63, 3.8) is 0 Å². The predicted molar refractivity (Wildman–Crippen MR) is 84.1 cm³/mol. The molecule has 1 atom stereocenters. The predicted octanol–water partition coefficient (Wildman–Crippen LogP) is 3.90. The molecule has 1 amide bonds. The lowest BCUT2D eigenvalue weighted by Gasteiger charge is -2.22. The van der Waals surface area contributed by atoms with E-state index >= 15 is 0 Å². The highest BCUT2D eigenvalue weighted by Crippen LogP contribution is 2.30. The standard InChI is InChI=1S/C17H18ClNO3/c18-12-4-6-13(7-5-12)21-11-9-17(20)19-15-2-1-3-16-14(15)8-10-22-16/h4-8,10,15H,1-3,9,11H2,(H,19,20). The number of hydrogen-bond donors (Lipinski definition) is 1.